The van der Waals surface area contributed by atoms with Crippen molar-refractivity contribution in [1.29, 1.82) is 0 Å². The van der Waals surface area contributed by atoms with E-state index in [9.17, 15) is 15.0 Å². The Balaban J connectivity index is 1.67. The van der Waals surface area contributed by atoms with Crippen LogP contribution in [0.5, 0.6) is 0 Å². The number of carboxylic acid groups (broad SMARTS) is 1. The molecule has 33 heavy (non-hydrogen) atoms. The number of hydrogen-bond acceptors (Lipinski definition) is 2. The quantitative estimate of drug-likeness (QED) is 0.413. The first-order chi connectivity index (χ1) is 15.1. The first kappa shape index (κ1) is 23.6. The standard InChI is InChI=1S/C30H46O3/c1-25(2)14-15-27(5)16-17-30(24(32)33)19(20(27)18-25)8-9-22-28(6)12-11-23(31)26(3,4)21(28)10-13-29(22,30)7/h8,10,20,22-23,31H,9,11-18H2,1-7H3,(H,32,33)/t20-,22+,23+,27+,28-,29+,30+/m0/s1. The van der Waals surface area contributed by atoms with Gasteiger partial charge in [-0.3, -0.25) is 4.79 Å². The Morgan fingerprint density at radius 1 is 0.939 bits per heavy atom. The van der Waals surface area contributed by atoms with E-state index < -0.39 is 11.4 Å². The number of carbonyl (C=O) groups is 1. The van der Waals surface area contributed by atoms with E-state index in [1.54, 1.807) is 0 Å². The molecule has 5 rings (SSSR count). The van der Waals surface area contributed by atoms with Crippen molar-refractivity contribution in [3.63, 3.8) is 0 Å². The zero-order chi connectivity index (χ0) is 24.2. The van der Waals surface area contributed by atoms with Crippen molar-refractivity contribution in [2.75, 3.05) is 0 Å². The molecule has 0 aromatic heterocycles. The van der Waals surface area contributed by atoms with Gasteiger partial charge in [0, 0.05) is 5.41 Å². The third-order valence-electron chi connectivity index (χ3n) is 12.2. The number of aliphatic hydroxyl groups is 1. The SMILES string of the molecule is CC1(C)CC[C@]2(C)CC[C@]3(C(=O)O)C(=CC[C@@H]4[C@@]5(C)CC[C@@H](O)C(C)(C)C5=CC[C@]43C)[C@@H]2C1. The molecule has 0 bridgehead atoms. The van der Waals surface area contributed by atoms with Crippen molar-refractivity contribution >= 4 is 5.97 Å². The summed E-state index contributed by atoms with van der Waals surface area (Å²) in [6, 6.07) is 0. The Morgan fingerprint density at radius 3 is 2.27 bits per heavy atom. The molecule has 0 aromatic carbocycles. The van der Waals surface area contributed by atoms with Crippen LogP contribution in [0.3, 0.4) is 0 Å². The van der Waals surface area contributed by atoms with E-state index in [0.29, 0.717) is 11.8 Å². The van der Waals surface area contributed by atoms with Crippen LogP contribution in [0, 0.1) is 44.3 Å². The first-order valence-electron chi connectivity index (χ1n) is 13.5. The van der Waals surface area contributed by atoms with Crippen molar-refractivity contribution in [2.45, 2.75) is 112 Å². The average Bonchev–Trinajstić information content (AvgIpc) is 2.71. The first-order valence-corrected chi connectivity index (χ1v) is 13.5. The topological polar surface area (TPSA) is 57.5 Å². The number of hydrogen-bond donors (Lipinski definition) is 2. The van der Waals surface area contributed by atoms with Crippen LogP contribution in [-0.2, 0) is 4.79 Å². The van der Waals surface area contributed by atoms with E-state index in [4.69, 9.17) is 0 Å². The molecule has 0 aliphatic heterocycles. The Hall–Kier alpha value is -1.09. The lowest BCUT2D eigenvalue weighted by atomic mass is 9.35. The fourth-order valence-corrected chi connectivity index (χ4v) is 9.91. The van der Waals surface area contributed by atoms with E-state index >= 15 is 0 Å². The van der Waals surface area contributed by atoms with Gasteiger partial charge in [0.2, 0.25) is 0 Å². The van der Waals surface area contributed by atoms with Crippen LogP contribution in [0.2, 0.25) is 0 Å². The molecule has 2 N–H and O–H groups in total. The third kappa shape index (κ3) is 2.81. The second kappa shape index (κ2) is 6.77. The number of aliphatic hydroxyl groups excluding tert-OH is 1. The zero-order valence-electron chi connectivity index (χ0n) is 22.1. The molecule has 0 unspecified atom stereocenters. The molecule has 3 nitrogen and oxygen atoms in total. The molecule has 3 heteroatoms. The van der Waals surface area contributed by atoms with E-state index in [0.717, 1.165) is 44.9 Å². The molecule has 5 aliphatic rings. The van der Waals surface area contributed by atoms with Crippen molar-refractivity contribution in [3.8, 4) is 0 Å². The summed E-state index contributed by atoms with van der Waals surface area (Å²) < 4.78 is 0. The molecule has 7 atom stereocenters. The summed E-state index contributed by atoms with van der Waals surface area (Å²) in [5.74, 6) is 0.103. The lowest BCUT2D eigenvalue weighted by molar-refractivity contribution is -0.175. The Labute approximate surface area is 201 Å². The van der Waals surface area contributed by atoms with Gasteiger partial charge in [0.15, 0.2) is 0 Å². The molecule has 0 aromatic rings. The van der Waals surface area contributed by atoms with Gasteiger partial charge in [-0.05, 0) is 91.3 Å². The number of aliphatic carboxylic acids is 1. The fraction of sp³-hybridized carbons (Fsp3) is 0.833. The second-order valence-electron chi connectivity index (χ2n) is 14.7. The zero-order valence-corrected chi connectivity index (χ0v) is 22.1. The van der Waals surface area contributed by atoms with Crippen LogP contribution in [0.25, 0.3) is 0 Å². The predicted molar refractivity (Wildman–Crippen MR) is 133 cm³/mol. The molecular formula is C30H46O3. The Bertz CT molecular complexity index is 940. The lowest BCUT2D eigenvalue weighted by Gasteiger charge is -2.68. The molecule has 184 valence electrons. The van der Waals surface area contributed by atoms with Gasteiger partial charge in [-0.2, -0.15) is 0 Å². The van der Waals surface area contributed by atoms with Gasteiger partial charge in [0.05, 0.1) is 11.5 Å². The molecule has 5 aliphatic carbocycles. The highest BCUT2D eigenvalue weighted by Crippen LogP contribution is 2.74. The minimum atomic E-state index is -0.765. The predicted octanol–water partition coefficient (Wildman–Crippen LogP) is 7.15. The van der Waals surface area contributed by atoms with Gasteiger partial charge < -0.3 is 10.2 Å². The van der Waals surface area contributed by atoms with Crippen molar-refractivity contribution < 1.29 is 15.0 Å². The molecule has 0 spiro atoms. The molecule has 0 radical (unpaired) electrons. The summed E-state index contributed by atoms with van der Waals surface area (Å²) >= 11 is 0. The monoisotopic (exact) mass is 454 g/mol. The van der Waals surface area contributed by atoms with Gasteiger partial charge in [-0.25, -0.2) is 0 Å². The van der Waals surface area contributed by atoms with Gasteiger partial charge >= 0.3 is 5.97 Å². The summed E-state index contributed by atoms with van der Waals surface area (Å²) in [5, 5.41) is 21.9. The fourth-order valence-electron chi connectivity index (χ4n) is 9.91. The summed E-state index contributed by atoms with van der Waals surface area (Å²) in [6.07, 6.45) is 13.4. The van der Waals surface area contributed by atoms with Crippen molar-refractivity contribution in [2.24, 2.45) is 44.3 Å². The maximum absolute atomic E-state index is 13.5. The van der Waals surface area contributed by atoms with E-state index in [-0.39, 0.29) is 33.2 Å². The second-order valence-corrected chi connectivity index (χ2v) is 14.7. The van der Waals surface area contributed by atoms with Crippen LogP contribution < -0.4 is 0 Å². The largest absolute Gasteiger partial charge is 0.481 e. The molecule has 3 fully saturated rings. The highest BCUT2D eigenvalue weighted by Gasteiger charge is 2.70. The third-order valence-corrected chi connectivity index (χ3v) is 12.2. The minimum absolute atomic E-state index is 0.0488. The average molecular weight is 455 g/mol. The van der Waals surface area contributed by atoms with Gasteiger partial charge in [0.1, 0.15) is 0 Å². The summed E-state index contributed by atoms with van der Waals surface area (Å²) in [6.45, 7) is 16.3. The summed E-state index contributed by atoms with van der Waals surface area (Å²) in [5.41, 5.74) is 1.83. The van der Waals surface area contributed by atoms with Crippen LogP contribution in [0.1, 0.15) is 106 Å². The van der Waals surface area contributed by atoms with Gasteiger partial charge in [0.25, 0.3) is 0 Å². The molecule has 3 saturated carbocycles. The van der Waals surface area contributed by atoms with Crippen molar-refractivity contribution in [3.05, 3.63) is 23.3 Å². The smallest absolute Gasteiger partial charge is 0.314 e. The van der Waals surface area contributed by atoms with Crippen LogP contribution in [0.4, 0.5) is 0 Å². The van der Waals surface area contributed by atoms with Crippen LogP contribution in [-0.4, -0.2) is 22.3 Å². The maximum Gasteiger partial charge on any atom is 0.314 e. The molecular weight excluding hydrogens is 408 g/mol. The number of fused-ring (bicyclic) bond motifs is 7. The Morgan fingerprint density at radius 2 is 1.61 bits per heavy atom. The normalized spacial score (nSPS) is 50.0. The van der Waals surface area contributed by atoms with Gasteiger partial charge in [-0.1, -0.05) is 71.8 Å². The van der Waals surface area contributed by atoms with E-state index in [1.165, 1.54) is 24.0 Å². The number of allylic oxidation sites excluding steroid dienone is 2. The number of carboxylic acids is 1. The Kier molecular flexibility index (Phi) is 4.85. The molecule has 0 heterocycles. The lowest BCUT2D eigenvalue weighted by Crippen LogP contribution is -2.64. The van der Waals surface area contributed by atoms with Crippen molar-refractivity contribution in [1.82, 2.24) is 0 Å². The molecule has 0 saturated heterocycles. The highest BCUT2D eigenvalue weighted by atomic mass is 16.4. The van der Waals surface area contributed by atoms with Crippen LogP contribution in [0.15, 0.2) is 23.3 Å². The maximum atomic E-state index is 13.5. The van der Waals surface area contributed by atoms with Gasteiger partial charge in [-0.15, -0.1) is 0 Å². The van der Waals surface area contributed by atoms with E-state index in [1.807, 2.05) is 0 Å². The van der Waals surface area contributed by atoms with Crippen LogP contribution >= 0.6 is 0 Å². The highest BCUT2D eigenvalue weighted by molar-refractivity contribution is 5.81. The summed E-state index contributed by atoms with van der Waals surface area (Å²) in [7, 11) is 0. The molecule has 0 amide bonds. The van der Waals surface area contributed by atoms with E-state index in [2.05, 4.69) is 60.6 Å². The number of rotatable bonds is 1. The summed E-state index contributed by atoms with van der Waals surface area (Å²) in [4.78, 5) is 13.5. The minimum Gasteiger partial charge on any atom is -0.481 e.